The lowest BCUT2D eigenvalue weighted by Crippen LogP contribution is -2.30. The van der Waals surface area contributed by atoms with Gasteiger partial charge in [0, 0.05) is 5.70 Å². The van der Waals surface area contributed by atoms with Crippen molar-refractivity contribution in [2.45, 2.75) is 0 Å². The molecule has 0 saturated carbocycles. The monoisotopic (exact) mass is 180 g/mol. The van der Waals surface area contributed by atoms with Gasteiger partial charge < -0.3 is 10.6 Å². The molecule has 0 aromatic carbocycles. The molecule has 70 valence electrons. The molecule has 0 fully saturated rings. The first kappa shape index (κ1) is 11.2. The topological polar surface area (TPSA) is 58.2 Å². The van der Waals surface area contributed by atoms with Crippen molar-refractivity contribution in [2.75, 3.05) is 6.54 Å². The summed E-state index contributed by atoms with van der Waals surface area (Å²) >= 11 is 0. The first-order chi connectivity index (χ1) is 6.10. The smallest absolute Gasteiger partial charge is 0.247 e. The van der Waals surface area contributed by atoms with Crippen LogP contribution in [-0.2, 0) is 9.59 Å². The summed E-state index contributed by atoms with van der Waals surface area (Å²) in [5, 5.41) is 4.86. The summed E-state index contributed by atoms with van der Waals surface area (Å²) in [4.78, 5) is 21.4. The molecule has 0 rings (SSSR count). The summed E-state index contributed by atoms with van der Waals surface area (Å²) in [5.41, 5.74) is 0.403. The Morgan fingerprint density at radius 2 is 1.69 bits per heavy atom. The molecule has 0 radical (unpaired) electrons. The van der Waals surface area contributed by atoms with E-state index in [1.807, 2.05) is 0 Å². The average Bonchev–Trinajstić information content (AvgIpc) is 2.13. The van der Waals surface area contributed by atoms with E-state index in [0.29, 0.717) is 5.70 Å². The highest BCUT2D eigenvalue weighted by Crippen LogP contribution is 1.81. The van der Waals surface area contributed by atoms with Gasteiger partial charge in [0.15, 0.2) is 0 Å². The summed E-state index contributed by atoms with van der Waals surface area (Å²) in [6, 6.07) is 0. The maximum absolute atomic E-state index is 10.7. The van der Waals surface area contributed by atoms with Crippen molar-refractivity contribution in [1.82, 2.24) is 10.6 Å². The largest absolute Gasteiger partial charge is 0.347 e. The van der Waals surface area contributed by atoms with Crippen LogP contribution in [0.2, 0.25) is 0 Å². The van der Waals surface area contributed by atoms with Crippen LogP contribution in [0.1, 0.15) is 0 Å². The van der Waals surface area contributed by atoms with Crippen molar-refractivity contribution in [2.24, 2.45) is 0 Å². The number of hydrogen-bond donors (Lipinski definition) is 2. The van der Waals surface area contributed by atoms with Crippen LogP contribution in [0.4, 0.5) is 0 Å². The van der Waals surface area contributed by atoms with E-state index in [-0.39, 0.29) is 18.4 Å². The van der Waals surface area contributed by atoms with Crippen LogP contribution >= 0.6 is 0 Å². The Morgan fingerprint density at radius 1 is 1.15 bits per heavy atom. The van der Waals surface area contributed by atoms with E-state index >= 15 is 0 Å². The first-order valence-corrected chi connectivity index (χ1v) is 3.61. The number of nitrogens with one attached hydrogen (secondary N) is 2. The van der Waals surface area contributed by atoms with Crippen molar-refractivity contribution in [3.63, 3.8) is 0 Å². The molecule has 4 nitrogen and oxygen atoms in total. The molecule has 0 atom stereocenters. The van der Waals surface area contributed by atoms with Gasteiger partial charge in [0.2, 0.25) is 11.8 Å². The molecular weight excluding hydrogens is 168 g/mol. The minimum absolute atomic E-state index is 0.185. The number of amides is 2. The van der Waals surface area contributed by atoms with Gasteiger partial charge in [-0.2, -0.15) is 0 Å². The van der Waals surface area contributed by atoms with Crippen LogP contribution in [0.25, 0.3) is 0 Å². The molecule has 2 N–H and O–H groups in total. The molecule has 4 heteroatoms. The fraction of sp³-hybridized carbons (Fsp3) is 0.111. The molecule has 0 aliphatic rings. The Labute approximate surface area is 77.0 Å². The van der Waals surface area contributed by atoms with E-state index in [9.17, 15) is 9.59 Å². The van der Waals surface area contributed by atoms with Gasteiger partial charge in [-0.15, -0.1) is 0 Å². The van der Waals surface area contributed by atoms with E-state index in [0.717, 1.165) is 12.2 Å². The van der Waals surface area contributed by atoms with E-state index < -0.39 is 0 Å². The summed E-state index contributed by atoms with van der Waals surface area (Å²) in [7, 11) is 0. The third-order valence-electron chi connectivity index (χ3n) is 1.15. The van der Waals surface area contributed by atoms with Crippen LogP contribution in [0, 0.1) is 0 Å². The third-order valence-corrected chi connectivity index (χ3v) is 1.15. The lowest BCUT2D eigenvalue weighted by atomic mass is 10.4. The van der Waals surface area contributed by atoms with Crippen LogP contribution in [0.3, 0.4) is 0 Å². The van der Waals surface area contributed by atoms with Crippen molar-refractivity contribution in [3.05, 3.63) is 37.6 Å². The molecule has 2 amide bonds. The molecule has 0 heterocycles. The fourth-order valence-corrected chi connectivity index (χ4v) is 0.535. The van der Waals surface area contributed by atoms with Gasteiger partial charge in [0.1, 0.15) is 0 Å². The van der Waals surface area contributed by atoms with Crippen molar-refractivity contribution in [3.8, 4) is 0 Å². The van der Waals surface area contributed by atoms with Gasteiger partial charge >= 0.3 is 0 Å². The highest BCUT2D eigenvalue weighted by atomic mass is 16.2. The Kier molecular flexibility index (Phi) is 4.95. The first-order valence-electron chi connectivity index (χ1n) is 3.61. The fourth-order valence-electron chi connectivity index (χ4n) is 0.535. The molecular formula is C9H12N2O2. The quantitative estimate of drug-likeness (QED) is 0.590. The normalized spacial score (nSPS) is 8.31. The minimum atomic E-state index is -0.349. The summed E-state index contributed by atoms with van der Waals surface area (Å²) in [6.45, 7) is 10.2. The number of carbonyl (C=O) groups is 2. The van der Waals surface area contributed by atoms with Crippen LogP contribution < -0.4 is 10.6 Å². The Bertz CT molecular complexity index is 256. The third kappa shape index (κ3) is 5.43. The maximum Gasteiger partial charge on any atom is 0.247 e. The number of rotatable bonds is 5. The van der Waals surface area contributed by atoms with Gasteiger partial charge in [0.05, 0.1) is 6.54 Å². The molecule has 0 spiro atoms. The van der Waals surface area contributed by atoms with Gasteiger partial charge in [-0.3, -0.25) is 9.59 Å². The van der Waals surface area contributed by atoms with E-state index in [1.54, 1.807) is 0 Å². The maximum atomic E-state index is 10.7. The number of hydrogen-bond acceptors (Lipinski definition) is 2. The SMILES string of the molecule is C=CC(=O)NCC(=C)NC(=O)C=C. The number of carbonyl (C=O) groups excluding carboxylic acids is 2. The van der Waals surface area contributed by atoms with Crippen molar-refractivity contribution >= 4 is 11.8 Å². The zero-order chi connectivity index (χ0) is 10.3. The van der Waals surface area contributed by atoms with E-state index in [4.69, 9.17) is 0 Å². The predicted molar refractivity (Wildman–Crippen MR) is 50.7 cm³/mol. The second kappa shape index (κ2) is 5.77. The summed E-state index contributed by atoms with van der Waals surface area (Å²) in [5.74, 6) is -0.660. The average molecular weight is 180 g/mol. The van der Waals surface area contributed by atoms with Gasteiger partial charge in [-0.1, -0.05) is 19.7 Å². The van der Waals surface area contributed by atoms with Crippen molar-refractivity contribution < 1.29 is 9.59 Å². The highest BCUT2D eigenvalue weighted by molar-refractivity contribution is 5.89. The molecule has 0 bridgehead atoms. The molecule has 0 aliphatic heterocycles. The molecule has 0 saturated heterocycles. The van der Waals surface area contributed by atoms with Crippen LogP contribution in [-0.4, -0.2) is 18.4 Å². The minimum Gasteiger partial charge on any atom is -0.347 e. The molecule has 13 heavy (non-hydrogen) atoms. The predicted octanol–water partition coefficient (Wildman–Crippen LogP) is 0.104. The summed E-state index contributed by atoms with van der Waals surface area (Å²) in [6.07, 6.45) is 2.27. The second-order valence-corrected chi connectivity index (χ2v) is 2.22. The Balaban J connectivity index is 3.75. The molecule has 0 aliphatic carbocycles. The zero-order valence-electron chi connectivity index (χ0n) is 7.30. The lowest BCUT2D eigenvalue weighted by molar-refractivity contribution is -0.117. The molecule has 0 unspecified atom stereocenters. The van der Waals surface area contributed by atoms with Crippen LogP contribution in [0.15, 0.2) is 37.6 Å². The summed E-state index contributed by atoms with van der Waals surface area (Å²) < 4.78 is 0. The van der Waals surface area contributed by atoms with E-state index in [2.05, 4.69) is 30.4 Å². The molecule has 0 aromatic rings. The van der Waals surface area contributed by atoms with Gasteiger partial charge in [-0.25, -0.2) is 0 Å². The van der Waals surface area contributed by atoms with Gasteiger partial charge in [0.25, 0.3) is 0 Å². The van der Waals surface area contributed by atoms with Crippen LogP contribution in [0.5, 0.6) is 0 Å². The highest BCUT2D eigenvalue weighted by Gasteiger charge is 1.98. The lowest BCUT2D eigenvalue weighted by Gasteiger charge is -2.05. The Hall–Kier alpha value is -1.84. The zero-order valence-corrected chi connectivity index (χ0v) is 7.30. The van der Waals surface area contributed by atoms with Gasteiger partial charge in [-0.05, 0) is 12.2 Å². The van der Waals surface area contributed by atoms with E-state index in [1.165, 1.54) is 0 Å². The Morgan fingerprint density at radius 3 is 2.15 bits per heavy atom. The molecule has 0 aromatic heterocycles. The standard InChI is InChI=1S/C9H12N2O2/c1-4-8(12)10-6-7(3)11-9(13)5-2/h4-5H,1-3,6H2,(H,10,12)(H,11,13). The second-order valence-electron chi connectivity index (χ2n) is 2.22. The van der Waals surface area contributed by atoms with Crippen molar-refractivity contribution in [1.29, 1.82) is 0 Å².